The number of amides is 1. The molecule has 15 heavy (non-hydrogen) atoms. The van der Waals surface area contributed by atoms with Gasteiger partial charge in [0.25, 0.3) is 5.91 Å². The van der Waals surface area contributed by atoms with Crippen molar-refractivity contribution in [2.24, 2.45) is 0 Å². The molecule has 0 radical (unpaired) electrons. The smallest absolute Gasteiger partial charge is 0.251 e. The van der Waals surface area contributed by atoms with E-state index in [1.165, 1.54) is 0 Å². The van der Waals surface area contributed by atoms with Crippen LogP contribution in [0.3, 0.4) is 0 Å². The predicted octanol–water partition coefficient (Wildman–Crippen LogP) is 1.78. The summed E-state index contributed by atoms with van der Waals surface area (Å²) in [4.78, 5) is 22.3. The minimum Gasteiger partial charge on any atom is -0.343 e. The number of hydrogen-bond donors (Lipinski definition) is 1. The van der Waals surface area contributed by atoms with Crippen LogP contribution in [0.5, 0.6) is 0 Å². The molecule has 0 aliphatic rings. The van der Waals surface area contributed by atoms with Crippen molar-refractivity contribution in [3.63, 3.8) is 0 Å². The Balaban J connectivity index is 2.58. The molecule has 1 aromatic rings. The first kappa shape index (κ1) is 11.4. The summed E-state index contributed by atoms with van der Waals surface area (Å²) in [6.07, 6.45) is 2.34. The summed E-state index contributed by atoms with van der Waals surface area (Å²) < 4.78 is 0. The second-order valence-electron chi connectivity index (χ2n) is 3.37. The van der Waals surface area contributed by atoms with E-state index in [4.69, 9.17) is 0 Å². The monoisotopic (exact) mass is 205 g/mol. The summed E-state index contributed by atoms with van der Waals surface area (Å²) in [5, 5.41) is 2.68. The maximum Gasteiger partial charge on any atom is 0.251 e. The summed E-state index contributed by atoms with van der Waals surface area (Å²) in [5.41, 5.74) is 0.584. The van der Waals surface area contributed by atoms with Gasteiger partial charge in [-0.3, -0.25) is 4.79 Å². The number of carbonyl (C=O) groups excluding carboxylic acids is 2. The molecule has 0 bridgehead atoms. The first-order chi connectivity index (χ1) is 7.27. The van der Waals surface area contributed by atoms with Crippen LogP contribution in [0.2, 0.25) is 0 Å². The highest BCUT2D eigenvalue weighted by molar-refractivity contribution is 5.95. The molecular formula is C12H15NO2. The summed E-state index contributed by atoms with van der Waals surface area (Å²) >= 11 is 0. The Hall–Kier alpha value is -1.64. The van der Waals surface area contributed by atoms with Crippen LogP contribution < -0.4 is 5.32 Å². The standard InChI is InChI=1S/C12H15NO2/c1-2-6-11(9-14)13-12(15)10-7-4-3-5-8-10/h3-5,7-9,11H,2,6H2,1H3,(H,13,15). The quantitative estimate of drug-likeness (QED) is 0.745. The lowest BCUT2D eigenvalue weighted by Crippen LogP contribution is -2.35. The summed E-state index contributed by atoms with van der Waals surface area (Å²) in [5.74, 6) is -0.193. The van der Waals surface area contributed by atoms with Gasteiger partial charge < -0.3 is 10.1 Å². The molecule has 0 aliphatic heterocycles. The molecule has 3 heteroatoms. The van der Waals surface area contributed by atoms with Crippen LogP contribution in [0.25, 0.3) is 0 Å². The van der Waals surface area contributed by atoms with Gasteiger partial charge in [-0.15, -0.1) is 0 Å². The molecule has 0 spiro atoms. The van der Waals surface area contributed by atoms with Gasteiger partial charge in [0, 0.05) is 5.56 Å². The molecule has 0 aliphatic carbocycles. The Bertz CT molecular complexity index is 322. The van der Waals surface area contributed by atoms with Crippen LogP contribution in [0, 0.1) is 0 Å². The number of rotatable bonds is 5. The van der Waals surface area contributed by atoms with E-state index >= 15 is 0 Å². The average molecular weight is 205 g/mol. The van der Waals surface area contributed by atoms with Gasteiger partial charge in [-0.2, -0.15) is 0 Å². The Labute approximate surface area is 89.5 Å². The van der Waals surface area contributed by atoms with Crippen molar-refractivity contribution in [3.8, 4) is 0 Å². The van der Waals surface area contributed by atoms with Gasteiger partial charge in [0.1, 0.15) is 6.29 Å². The molecule has 1 aromatic carbocycles. The maximum atomic E-state index is 11.6. The van der Waals surface area contributed by atoms with Crippen molar-refractivity contribution >= 4 is 12.2 Å². The van der Waals surface area contributed by atoms with E-state index in [2.05, 4.69) is 5.32 Å². The summed E-state index contributed by atoms with van der Waals surface area (Å²) in [6.45, 7) is 1.98. The first-order valence-electron chi connectivity index (χ1n) is 5.09. The topological polar surface area (TPSA) is 46.2 Å². The van der Waals surface area contributed by atoms with Gasteiger partial charge in [0.15, 0.2) is 0 Å². The molecule has 1 unspecified atom stereocenters. The molecule has 3 nitrogen and oxygen atoms in total. The molecule has 0 aromatic heterocycles. The van der Waals surface area contributed by atoms with Crippen molar-refractivity contribution in [3.05, 3.63) is 35.9 Å². The number of carbonyl (C=O) groups is 2. The minimum atomic E-state index is -0.372. The third kappa shape index (κ3) is 3.54. The van der Waals surface area contributed by atoms with E-state index in [9.17, 15) is 9.59 Å². The zero-order valence-corrected chi connectivity index (χ0v) is 8.77. The SMILES string of the molecule is CCCC(C=O)NC(=O)c1ccccc1. The highest BCUT2D eigenvalue weighted by atomic mass is 16.2. The summed E-state index contributed by atoms with van der Waals surface area (Å²) in [7, 11) is 0. The van der Waals surface area contributed by atoms with Gasteiger partial charge in [-0.25, -0.2) is 0 Å². The van der Waals surface area contributed by atoms with Crippen LogP contribution in [0.4, 0.5) is 0 Å². The van der Waals surface area contributed by atoms with Gasteiger partial charge >= 0.3 is 0 Å². The van der Waals surface area contributed by atoms with Gasteiger partial charge in [-0.1, -0.05) is 31.5 Å². The molecule has 1 amide bonds. The average Bonchev–Trinajstić information content (AvgIpc) is 2.29. The Morgan fingerprint density at radius 3 is 2.60 bits per heavy atom. The van der Waals surface area contributed by atoms with Crippen molar-refractivity contribution < 1.29 is 9.59 Å². The van der Waals surface area contributed by atoms with Gasteiger partial charge in [0.2, 0.25) is 0 Å². The first-order valence-corrected chi connectivity index (χ1v) is 5.09. The molecular weight excluding hydrogens is 190 g/mol. The zero-order valence-electron chi connectivity index (χ0n) is 8.77. The van der Waals surface area contributed by atoms with Crippen molar-refractivity contribution in [2.45, 2.75) is 25.8 Å². The summed E-state index contributed by atoms with van der Waals surface area (Å²) in [6, 6.07) is 8.52. The Morgan fingerprint density at radius 1 is 1.40 bits per heavy atom. The van der Waals surface area contributed by atoms with E-state index < -0.39 is 0 Å². The van der Waals surface area contributed by atoms with Crippen molar-refractivity contribution in [2.75, 3.05) is 0 Å². The van der Waals surface area contributed by atoms with Gasteiger partial charge in [0.05, 0.1) is 6.04 Å². The van der Waals surface area contributed by atoms with Crippen LogP contribution in [-0.2, 0) is 4.79 Å². The lowest BCUT2D eigenvalue weighted by atomic mass is 10.1. The molecule has 0 saturated heterocycles. The zero-order chi connectivity index (χ0) is 11.1. The van der Waals surface area contributed by atoms with E-state index in [0.29, 0.717) is 12.0 Å². The van der Waals surface area contributed by atoms with Crippen molar-refractivity contribution in [1.82, 2.24) is 5.32 Å². The van der Waals surface area contributed by atoms with E-state index in [1.54, 1.807) is 24.3 Å². The second-order valence-corrected chi connectivity index (χ2v) is 3.37. The van der Waals surface area contributed by atoms with Crippen molar-refractivity contribution in [1.29, 1.82) is 0 Å². The Morgan fingerprint density at radius 2 is 2.07 bits per heavy atom. The van der Waals surface area contributed by atoms with E-state index in [0.717, 1.165) is 12.7 Å². The Kier molecular flexibility index (Phi) is 4.54. The normalized spacial score (nSPS) is 11.8. The van der Waals surface area contributed by atoms with E-state index in [1.807, 2.05) is 13.0 Å². The largest absolute Gasteiger partial charge is 0.343 e. The second kappa shape index (κ2) is 5.96. The highest BCUT2D eigenvalue weighted by Gasteiger charge is 2.11. The van der Waals surface area contributed by atoms with Crippen LogP contribution in [0.1, 0.15) is 30.1 Å². The molecule has 80 valence electrons. The molecule has 1 atom stereocenters. The maximum absolute atomic E-state index is 11.6. The minimum absolute atomic E-state index is 0.193. The number of benzene rings is 1. The van der Waals surface area contributed by atoms with Crippen LogP contribution in [-0.4, -0.2) is 18.2 Å². The lowest BCUT2D eigenvalue weighted by molar-refractivity contribution is -0.109. The fourth-order valence-electron chi connectivity index (χ4n) is 1.33. The number of nitrogens with one attached hydrogen (secondary N) is 1. The number of hydrogen-bond acceptors (Lipinski definition) is 2. The number of aldehydes is 1. The predicted molar refractivity (Wildman–Crippen MR) is 58.7 cm³/mol. The fourth-order valence-corrected chi connectivity index (χ4v) is 1.33. The van der Waals surface area contributed by atoms with E-state index in [-0.39, 0.29) is 11.9 Å². The molecule has 0 heterocycles. The third-order valence-corrected chi connectivity index (χ3v) is 2.12. The molecule has 1 N–H and O–H groups in total. The third-order valence-electron chi connectivity index (χ3n) is 2.12. The molecule has 0 fully saturated rings. The lowest BCUT2D eigenvalue weighted by Gasteiger charge is -2.11. The van der Waals surface area contributed by atoms with Crippen LogP contribution in [0.15, 0.2) is 30.3 Å². The van der Waals surface area contributed by atoms with Gasteiger partial charge in [-0.05, 0) is 18.6 Å². The van der Waals surface area contributed by atoms with Crippen LogP contribution >= 0.6 is 0 Å². The fraction of sp³-hybridized carbons (Fsp3) is 0.333. The molecule has 0 saturated carbocycles. The highest BCUT2D eigenvalue weighted by Crippen LogP contribution is 2.00. The molecule has 1 rings (SSSR count).